The Kier molecular flexibility index (Phi) is 14.9. The van der Waals surface area contributed by atoms with E-state index in [1.54, 1.807) is 0 Å². The van der Waals surface area contributed by atoms with Gasteiger partial charge in [-0.05, 0) is 50.3 Å². The molecule has 0 spiro atoms. The van der Waals surface area contributed by atoms with Gasteiger partial charge in [0.1, 0.15) is 0 Å². The first kappa shape index (κ1) is 25.6. The summed E-state index contributed by atoms with van der Waals surface area (Å²) in [5.41, 5.74) is 1.65. The number of hydrogen-bond donors (Lipinski definition) is 4. The van der Waals surface area contributed by atoms with Crippen molar-refractivity contribution >= 4 is 35.8 Å². The van der Waals surface area contributed by atoms with Crippen molar-refractivity contribution in [3.05, 3.63) is 35.4 Å². The molecule has 27 heavy (non-hydrogen) atoms. The molecule has 0 saturated heterocycles. The molecule has 0 aliphatic carbocycles. The maximum Gasteiger partial charge on any atom is 0.251 e. The number of guanidine groups is 1. The Bertz CT molecular complexity index is 561. The molecule has 0 aliphatic rings. The van der Waals surface area contributed by atoms with E-state index in [0.717, 1.165) is 43.9 Å². The standard InChI is InChI=1S/C20H34N4O2.HI/c1-4-8-16(11-12-25)14-23-20(22-6-3)24-15-17-9-7-10-18(13-17)19(26)21-5-2;/h7,9-10,13,16,25H,4-6,8,11-12,14-15H2,1-3H3,(H,21,26)(H2,22,23,24);1H. The van der Waals surface area contributed by atoms with E-state index in [9.17, 15) is 9.90 Å². The van der Waals surface area contributed by atoms with E-state index < -0.39 is 0 Å². The summed E-state index contributed by atoms with van der Waals surface area (Å²) in [7, 11) is 0. The molecule has 1 atom stereocenters. The fourth-order valence-corrected chi connectivity index (χ4v) is 2.77. The van der Waals surface area contributed by atoms with E-state index in [-0.39, 0.29) is 36.5 Å². The minimum atomic E-state index is -0.0604. The van der Waals surface area contributed by atoms with Crippen LogP contribution in [0.3, 0.4) is 0 Å². The van der Waals surface area contributed by atoms with Crippen molar-refractivity contribution < 1.29 is 9.90 Å². The van der Waals surface area contributed by atoms with Gasteiger partial charge in [0.05, 0.1) is 6.54 Å². The molecular weight excluding hydrogens is 455 g/mol. The Morgan fingerprint density at radius 3 is 2.48 bits per heavy atom. The molecule has 0 bridgehead atoms. The molecule has 7 heteroatoms. The number of nitrogens with one attached hydrogen (secondary N) is 3. The third kappa shape index (κ3) is 10.5. The van der Waals surface area contributed by atoms with E-state index in [0.29, 0.717) is 24.6 Å². The smallest absolute Gasteiger partial charge is 0.251 e. The average Bonchev–Trinajstić information content (AvgIpc) is 2.64. The molecule has 0 heterocycles. The highest BCUT2D eigenvalue weighted by molar-refractivity contribution is 14.0. The van der Waals surface area contributed by atoms with Crippen LogP contribution < -0.4 is 16.0 Å². The number of aliphatic hydroxyl groups is 1. The molecule has 0 aliphatic heterocycles. The van der Waals surface area contributed by atoms with Crippen LogP contribution in [0.15, 0.2) is 29.3 Å². The van der Waals surface area contributed by atoms with Gasteiger partial charge in [0.25, 0.3) is 5.91 Å². The number of hydrogen-bond acceptors (Lipinski definition) is 3. The second-order valence-electron chi connectivity index (χ2n) is 6.30. The summed E-state index contributed by atoms with van der Waals surface area (Å²) in [6.07, 6.45) is 2.99. The van der Waals surface area contributed by atoms with Gasteiger partial charge < -0.3 is 21.1 Å². The molecule has 0 saturated carbocycles. The number of nitrogens with zero attached hydrogens (tertiary/aromatic N) is 1. The highest BCUT2D eigenvalue weighted by Crippen LogP contribution is 2.10. The number of amides is 1. The number of benzene rings is 1. The largest absolute Gasteiger partial charge is 0.396 e. The molecule has 0 fully saturated rings. The van der Waals surface area contributed by atoms with Gasteiger partial charge in [-0.25, -0.2) is 4.99 Å². The first-order valence-electron chi connectivity index (χ1n) is 9.64. The Morgan fingerprint density at radius 1 is 1.11 bits per heavy atom. The van der Waals surface area contributed by atoms with Gasteiger partial charge in [0.15, 0.2) is 5.96 Å². The predicted molar refractivity (Wildman–Crippen MR) is 123 cm³/mol. The SMILES string of the molecule is CCCC(CCO)CNC(=NCc1cccc(C(=O)NCC)c1)NCC.I. The summed E-state index contributed by atoms with van der Waals surface area (Å²) in [5, 5.41) is 18.6. The first-order valence-corrected chi connectivity index (χ1v) is 9.64. The van der Waals surface area contributed by atoms with Crippen molar-refractivity contribution in [3.8, 4) is 0 Å². The summed E-state index contributed by atoms with van der Waals surface area (Å²) in [6.45, 7) is 9.00. The molecule has 154 valence electrons. The van der Waals surface area contributed by atoms with Crippen LogP contribution in [0.25, 0.3) is 0 Å². The fourth-order valence-electron chi connectivity index (χ4n) is 2.77. The number of aliphatic imine (C=N–C) groups is 1. The van der Waals surface area contributed by atoms with Gasteiger partial charge in [-0.3, -0.25) is 4.79 Å². The molecular formula is C20H35IN4O2. The van der Waals surface area contributed by atoms with Crippen LogP contribution in [-0.2, 0) is 6.54 Å². The third-order valence-corrected chi connectivity index (χ3v) is 4.08. The van der Waals surface area contributed by atoms with E-state index in [1.807, 2.05) is 38.1 Å². The number of carbonyl (C=O) groups excluding carboxylic acids is 1. The zero-order valence-corrected chi connectivity index (χ0v) is 19.1. The highest BCUT2D eigenvalue weighted by Gasteiger charge is 2.09. The van der Waals surface area contributed by atoms with Crippen LogP contribution >= 0.6 is 24.0 Å². The Morgan fingerprint density at radius 2 is 1.85 bits per heavy atom. The topological polar surface area (TPSA) is 85.8 Å². The lowest BCUT2D eigenvalue weighted by atomic mass is 10.0. The molecule has 4 N–H and O–H groups in total. The van der Waals surface area contributed by atoms with Crippen LogP contribution in [0.4, 0.5) is 0 Å². The quantitative estimate of drug-likeness (QED) is 0.218. The molecule has 6 nitrogen and oxygen atoms in total. The van der Waals surface area contributed by atoms with Gasteiger partial charge in [0, 0.05) is 31.8 Å². The molecule has 0 aromatic heterocycles. The normalized spacial score (nSPS) is 12.1. The van der Waals surface area contributed by atoms with Crippen LogP contribution in [0.5, 0.6) is 0 Å². The van der Waals surface area contributed by atoms with Gasteiger partial charge in [0.2, 0.25) is 0 Å². The summed E-state index contributed by atoms with van der Waals surface area (Å²) in [5.74, 6) is 1.14. The predicted octanol–water partition coefficient (Wildman–Crippen LogP) is 2.91. The summed E-state index contributed by atoms with van der Waals surface area (Å²) in [6, 6.07) is 7.55. The maximum atomic E-state index is 11.9. The monoisotopic (exact) mass is 490 g/mol. The Balaban J connectivity index is 0.00000676. The van der Waals surface area contributed by atoms with Crippen molar-refractivity contribution in [1.82, 2.24) is 16.0 Å². The van der Waals surface area contributed by atoms with Crippen molar-refractivity contribution in [2.45, 2.75) is 46.6 Å². The summed E-state index contributed by atoms with van der Waals surface area (Å²) in [4.78, 5) is 16.6. The summed E-state index contributed by atoms with van der Waals surface area (Å²) < 4.78 is 0. The van der Waals surface area contributed by atoms with E-state index in [2.05, 4.69) is 27.9 Å². The second-order valence-corrected chi connectivity index (χ2v) is 6.30. The van der Waals surface area contributed by atoms with Gasteiger partial charge in [-0.2, -0.15) is 0 Å². The van der Waals surface area contributed by atoms with Crippen molar-refractivity contribution in [2.24, 2.45) is 10.9 Å². The molecule has 1 aromatic rings. The van der Waals surface area contributed by atoms with Crippen LogP contribution in [0, 0.1) is 5.92 Å². The highest BCUT2D eigenvalue weighted by atomic mass is 127. The van der Waals surface area contributed by atoms with Crippen molar-refractivity contribution in [3.63, 3.8) is 0 Å². The van der Waals surface area contributed by atoms with Crippen LogP contribution in [0.2, 0.25) is 0 Å². The van der Waals surface area contributed by atoms with Gasteiger partial charge >= 0.3 is 0 Å². The van der Waals surface area contributed by atoms with E-state index in [4.69, 9.17) is 0 Å². The molecule has 1 rings (SSSR count). The third-order valence-electron chi connectivity index (χ3n) is 4.08. The minimum absolute atomic E-state index is 0. The molecule has 1 aromatic carbocycles. The van der Waals surface area contributed by atoms with Gasteiger partial charge in [-0.1, -0.05) is 25.5 Å². The lowest BCUT2D eigenvalue weighted by Gasteiger charge is -2.18. The van der Waals surface area contributed by atoms with Crippen molar-refractivity contribution in [1.29, 1.82) is 0 Å². The zero-order valence-electron chi connectivity index (χ0n) is 16.8. The average molecular weight is 490 g/mol. The Labute approximate surface area is 180 Å². The second kappa shape index (κ2) is 15.7. The number of rotatable bonds is 11. The Hall–Kier alpha value is -1.35. The maximum absolute atomic E-state index is 11.9. The van der Waals surface area contributed by atoms with E-state index >= 15 is 0 Å². The minimum Gasteiger partial charge on any atom is -0.396 e. The number of halogens is 1. The summed E-state index contributed by atoms with van der Waals surface area (Å²) >= 11 is 0. The lowest BCUT2D eigenvalue weighted by Crippen LogP contribution is -2.40. The van der Waals surface area contributed by atoms with E-state index in [1.165, 1.54) is 0 Å². The van der Waals surface area contributed by atoms with Crippen LogP contribution in [0.1, 0.15) is 56.0 Å². The molecule has 1 amide bonds. The number of aliphatic hydroxyl groups excluding tert-OH is 1. The lowest BCUT2D eigenvalue weighted by molar-refractivity contribution is 0.0955. The van der Waals surface area contributed by atoms with Crippen molar-refractivity contribution in [2.75, 3.05) is 26.2 Å². The number of carbonyl (C=O) groups is 1. The van der Waals surface area contributed by atoms with Gasteiger partial charge in [-0.15, -0.1) is 24.0 Å². The first-order chi connectivity index (χ1) is 12.6. The van der Waals surface area contributed by atoms with Crippen LogP contribution in [-0.4, -0.2) is 43.2 Å². The molecule has 1 unspecified atom stereocenters. The molecule has 0 radical (unpaired) electrons. The fraction of sp³-hybridized carbons (Fsp3) is 0.600. The zero-order chi connectivity index (χ0) is 19.2.